The predicted molar refractivity (Wildman–Crippen MR) is 80.8 cm³/mol. The average molecular weight is 281 g/mol. The van der Waals surface area contributed by atoms with E-state index in [0.717, 1.165) is 28.0 Å². The highest BCUT2D eigenvalue weighted by atomic mass is 16.4. The summed E-state index contributed by atoms with van der Waals surface area (Å²) < 4.78 is 1.94. The van der Waals surface area contributed by atoms with Crippen LogP contribution in [0.4, 0.5) is 0 Å². The first-order valence-electron chi connectivity index (χ1n) is 6.50. The van der Waals surface area contributed by atoms with E-state index in [2.05, 4.69) is 15.1 Å². The van der Waals surface area contributed by atoms with Gasteiger partial charge in [-0.05, 0) is 19.9 Å². The van der Waals surface area contributed by atoms with E-state index in [-0.39, 0.29) is 5.84 Å². The number of rotatable bonds is 2. The molecule has 3 rings (SSSR count). The maximum Gasteiger partial charge on any atom is 0.173 e. The average Bonchev–Trinajstić information content (AvgIpc) is 2.85. The van der Waals surface area contributed by atoms with Gasteiger partial charge >= 0.3 is 0 Å². The number of oxime groups is 1. The SMILES string of the molecule is Cc1ncn(-c2c(C(N)=NO)cnc3ccccc23)c1C. The Morgan fingerprint density at radius 3 is 2.67 bits per heavy atom. The summed E-state index contributed by atoms with van der Waals surface area (Å²) in [7, 11) is 0. The first-order valence-corrected chi connectivity index (χ1v) is 6.50. The lowest BCUT2D eigenvalue weighted by Crippen LogP contribution is -2.17. The molecule has 2 aromatic heterocycles. The fraction of sp³-hybridized carbons (Fsp3) is 0.133. The summed E-state index contributed by atoms with van der Waals surface area (Å²) in [5.41, 5.74) is 9.96. The number of hydrogen-bond donors (Lipinski definition) is 2. The lowest BCUT2D eigenvalue weighted by atomic mass is 10.1. The first kappa shape index (κ1) is 13.1. The zero-order valence-electron chi connectivity index (χ0n) is 11.8. The summed E-state index contributed by atoms with van der Waals surface area (Å²) in [6.07, 6.45) is 3.35. The van der Waals surface area contributed by atoms with E-state index < -0.39 is 0 Å². The summed E-state index contributed by atoms with van der Waals surface area (Å²) in [5, 5.41) is 13.0. The third-order valence-corrected chi connectivity index (χ3v) is 3.62. The molecule has 6 nitrogen and oxygen atoms in total. The molecule has 2 heterocycles. The van der Waals surface area contributed by atoms with E-state index in [0.29, 0.717) is 5.56 Å². The van der Waals surface area contributed by atoms with Gasteiger partial charge < -0.3 is 15.5 Å². The lowest BCUT2D eigenvalue weighted by Gasteiger charge is -2.14. The first-order chi connectivity index (χ1) is 10.1. The van der Waals surface area contributed by atoms with E-state index in [1.807, 2.05) is 42.7 Å². The summed E-state index contributed by atoms with van der Waals surface area (Å²) in [4.78, 5) is 8.69. The Hall–Kier alpha value is -2.89. The number of pyridine rings is 1. The van der Waals surface area contributed by atoms with E-state index in [9.17, 15) is 0 Å². The predicted octanol–water partition coefficient (Wildman–Crippen LogP) is 2.13. The second kappa shape index (κ2) is 4.90. The smallest absolute Gasteiger partial charge is 0.173 e. The molecule has 0 saturated carbocycles. The molecule has 0 saturated heterocycles. The van der Waals surface area contributed by atoms with Crippen molar-refractivity contribution in [2.75, 3.05) is 0 Å². The number of hydrogen-bond acceptors (Lipinski definition) is 4. The summed E-state index contributed by atoms with van der Waals surface area (Å²) in [5.74, 6) is 0.0222. The topological polar surface area (TPSA) is 89.3 Å². The maximum absolute atomic E-state index is 9.02. The third-order valence-electron chi connectivity index (χ3n) is 3.62. The molecule has 0 radical (unpaired) electrons. The van der Waals surface area contributed by atoms with E-state index in [1.54, 1.807) is 12.5 Å². The molecule has 0 unspecified atom stereocenters. The molecule has 0 spiro atoms. The third kappa shape index (κ3) is 2.01. The van der Waals surface area contributed by atoms with Gasteiger partial charge in [-0.3, -0.25) is 4.98 Å². The minimum atomic E-state index is 0.0222. The zero-order valence-corrected chi connectivity index (χ0v) is 11.8. The number of amidine groups is 1. The number of para-hydroxylation sites is 1. The van der Waals surface area contributed by atoms with Crippen LogP contribution >= 0.6 is 0 Å². The van der Waals surface area contributed by atoms with Gasteiger partial charge in [-0.2, -0.15) is 0 Å². The van der Waals surface area contributed by atoms with E-state index in [4.69, 9.17) is 10.9 Å². The summed E-state index contributed by atoms with van der Waals surface area (Å²) >= 11 is 0. The molecule has 0 aliphatic rings. The second-order valence-electron chi connectivity index (χ2n) is 4.81. The Morgan fingerprint density at radius 2 is 2.00 bits per heavy atom. The second-order valence-corrected chi connectivity index (χ2v) is 4.81. The molecule has 3 aromatic rings. The van der Waals surface area contributed by atoms with Gasteiger partial charge in [0.15, 0.2) is 5.84 Å². The Morgan fingerprint density at radius 1 is 1.24 bits per heavy atom. The minimum absolute atomic E-state index is 0.0222. The van der Waals surface area contributed by atoms with Gasteiger partial charge in [0.25, 0.3) is 0 Å². The van der Waals surface area contributed by atoms with Crippen molar-refractivity contribution in [2.45, 2.75) is 13.8 Å². The molecular formula is C15H15N5O. The quantitative estimate of drug-likeness (QED) is 0.326. The molecule has 0 aliphatic carbocycles. The van der Waals surface area contributed by atoms with Crippen molar-refractivity contribution in [2.24, 2.45) is 10.9 Å². The summed E-state index contributed by atoms with van der Waals surface area (Å²) in [6.45, 7) is 3.92. The van der Waals surface area contributed by atoms with E-state index >= 15 is 0 Å². The Balaban J connectivity index is 2.44. The van der Waals surface area contributed by atoms with Crippen LogP contribution in [0.15, 0.2) is 41.9 Å². The van der Waals surface area contributed by atoms with Crippen LogP contribution in [-0.2, 0) is 0 Å². The van der Waals surface area contributed by atoms with Crippen molar-refractivity contribution >= 4 is 16.7 Å². The molecule has 3 N–H and O–H groups in total. The molecule has 0 atom stereocenters. The van der Waals surface area contributed by atoms with Crippen LogP contribution in [0.5, 0.6) is 0 Å². The standard InChI is InChI=1S/C15H15N5O/c1-9-10(2)20(8-18-9)14-11-5-3-4-6-13(11)17-7-12(14)15(16)19-21/h3-8,21H,1-2H3,(H2,16,19). The monoisotopic (exact) mass is 281 g/mol. The molecule has 106 valence electrons. The zero-order chi connectivity index (χ0) is 15.0. The van der Waals surface area contributed by atoms with Crippen molar-refractivity contribution in [3.8, 4) is 5.69 Å². The number of aryl methyl sites for hydroxylation is 1. The van der Waals surface area contributed by atoms with Gasteiger partial charge in [0.05, 0.1) is 28.8 Å². The van der Waals surface area contributed by atoms with Crippen molar-refractivity contribution in [3.05, 3.63) is 53.7 Å². The molecule has 6 heteroatoms. The van der Waals surface area contributed by atoms with Crippen molar-refractivity contribution < 1.29 is 5.21 Å². The fourth-order valence-electron chi connectivity index (χ4n) is 2.35. The van der Waals surface area contributed by atoms with Gasteiger partial charge in [0.2, 0.25) is 0 Å². The van der Waals surface area contributed by atoms with Crippen LogP contribution in [0.25, 0.3) is 16.6 Å². The molecule has 21 heavy (non-hydrogen) atoms. The highest BCUT2D eigenvalue weighted by Crippen LogP contribution is 2.26. The van der Waals surface area contributed by atoms with Crippen molar-refractivity contribution in [1.82, 2.24) is 14.5 Å². The number of imidazole rings is 1. The Kier molecular flexibility index (Phi) is 3.06. The van der Waals surface area contributed by atoms with Crippen LogP contribution in [0.1, 0.15) is 17.0 Å². The fourth-order valence-corrected chi connectivity index (χ4v) is 2.35. The molecular weight excluding hydrogens is 266 g/mol. The van der Waals surface area contributed by atoms with Crippen LogP contribution in [0.2, 0.25) is 0 Å². The Bertz CT molecular complexity index is 850. The van der Waals surface area contributed by atoms with Crippen LogP contribution in [0, 0.1) is 13.8 Å². The van der Waals surface area contributed by atoms with Crippen LogP contribution in [-0.4, -0.2) is 25.6 Å². The number of aromatic nitrogens is 3. The van der Waals surface area contributed by atoms with Crippen LogP contribution < -0.4 is 5.73 Å². The molecule has 0 amide bonds. The van der Waals surface area contributed by atoms with Crippen molar-refractivity contribution in [1.29, 1.82) is 0 Å². The molecule has 0 bridgehead atoms. The number of benzene rings is 1. The minimum Gasteiger partial charge on any atom is -0.409 e. The highest BCUT2D eigenvalue weighted by molar-refractivity contribution is 6.05. The summed E-state index contributed by atoms with van der Waals surface area (Å²) in [6, 6.07) is 7.74. The van der Waals surface area contributed by atoms with Gasteiger partial charge in [-0.15, -0.1) is 0 Å². The van der Waals surface area contributed by atoms with Gasteiger partial charge in [0.1, 0.15) is 0 Å². The maximum atomic E-state index is 9.02. The highest BCUT2D eigenvalue weighted by Gasteiger charge is 2.16. The van der Waals surface area contributed by atoms with Crippen molar-refractivity contribution in [3.63, 3.8) is 0 Å². The largest absolute Gasteiger partial charge is 0.409 e. The Labute approximate surface area is 121 Å². The van der Waals surface area contributed by atoms with Crippen LogP contribution in [0.3, 0.4) is 0 Å². The van der Waals surface area contributed by atoms with Gasteiger partial charge in [-0.1, -0.05) is 23.4 Å². The molecule has 0 aliphatic heterocycles. The van der Waals surface area contributed by atoms with Gasteiger partial charge in [0, 0.05) is 17.3 Å². The normalized spacial score (nSPS) is 12.0. The number of nitrogens with two attached hydrogens (primary N) is 1. The molecule has 1 aromatic carbocycles. The number of fused-ring (bicyclic) bond motifs is 1. The van der Waals surface area contributed by atoms with E-state index in [1.165, 1.54) is 0 Å². The van der Waals surface area contributed by atoms with Gasteiger partial charge in [-0.25, -0.2) is 4.98 Å². The number of nitrogens with zero attached hydrogens (tertiary/aromatic N) is 4. The molecule has 0 fully saturated rings. The lowest BCUT2D eigenvalue weighted by molar-refractivity contribution is 0.318.